The minimum atomic E-state index is -0.954. The molecule has 0 saturated heterocycles. The zero-order valence-electron chi connectivity index (χ0n) is 9.69. The maximum atomic E-state index is 11.3. The first-order valence-electron chi connectivity index (χ1n) is 5.37. The quantitative estimate of drug-likeness (QED) is 0.858. The molecule has 0 unspecified atom stereocenters. The summed E-state index contributed by atoms with van der Waals surface area (Å²) < 4.78 is 1.69. The number of nitrogens with zero attached hydrogens (tertiary/aromatic N) is 2. The largest absolute Gasteiger partial charge is 0.477 e. The van der Waals surface area contributed by atoms with Crippen LogP contribution in [0.1, 0.15) is 28.5 Å². The van der Waals surface area contributed by atoms with Crippen molar-refractivity contribution in [3.8, 4) is 6.07 Å². The number of hydrogen-bond donors (Lipinski definition) is 1. The van der Waals surface area contributed by atoms with E-state index in [1.165, 1.54) is 0 Å². The number of carboxylic acid groups (broad SMARTS) is 1. The van der Waals surface area contributed by atoms with Crippen molar-refractivity contribution in [3.05, 3.63) is 35.0 Å². The van der Waals surface area contributed by atoms with Gasteiger partial charge in [0.15, 0.2) is 0 Å². The highest BCUT2D eigenvalue weighted by molar-refractivity contribution is 5.99. The summed E-state index contributed by atoms with van der Waals surface area (Å²) >= 11 is 0. The molecule has 0 atom stereocenters. The van der Waals surface area contributed by atoms with E-state index >= 15 is 0 Å². The molecular formula is C13H12N2O2. The summed E-state index contributed by atoms with van der Waals surface area (Å²) in [6.07, 6.45) is 0. The molecule has 1 aromatic heterocycles. The normalized spacial score (nSPS) is 10.4. The Balaban J connectivity index is 3.01. The summed E-state index contributed by atoms with van der Waals surface area (Å²) in [6.45, 7) is 4.18. The van der Waals surface area contributed by atoms with E-state index in [1.54, 1.807) is 23.6 Å². The Morgan fingerprint density at radius 2 is 2.24 bits per heavy atom. The molecule has 2 rings (SSSR count). The van der Waals surface area contributed by atoms with Crippen LogP contribution in [0.2, 0.25) is 0 Å². The Kier molecular flexibility index (Phi) is 2.60. The highest BCUT2D eigenvalue weighted by Crippen LogP contribution is 2.28. The lowest BCUT2D eigenvalue weighted by atomic mass is 10.1. The minimum Gasteiger partial charge on any atom is -0.477 e. The molecule has 86 valence electrons. The summed E-state index contributed by atoms with van der Waals surface area (Å²) in [5.74, 6) is -0.954. The van der Waals surface area contributed by atoms with Crippen LogP contribution in [0.5, 0.6) is 0 Å². The molecule has 1 N–H and O–H groups in total. The van der Waals surface area contributed by atoms with Crippen LogP contribution in [-0.2, 0) is 6.54 Å². The van der Waals surface area contributed by atoms with Gasteiger partial charge in [-0.3, -0.25) is 0 Å². The number of aryl methyl sites for hydroxylation is 2. The molecule has 1 heterocycles. The monoisotopic (exact) mass is 228 g/mol. The number of carbonyl (C=O) groups is 1. The summed E-state index contributed by atoms with van der Waals surface area (Å²) in [5, 5.41) is 19.2. The number of aromatic carboxylic acids is 1. The van der Waals surface area contributed by atoms with Crippen molar-refractivity contribution < 1.29 is 9.90 Å². The molecule has 4 nitrogen and oxygen atoms in total. The second-order valence-electron chi connectivity index (χ2n) is 3.84. The van der Waals surface area contributed by atoms with Gasteiger partial charge in [-0.15, -0.1) is 0 Å². The molecule has 0 amide bonds. The first-order chi connectivity index (χ1) is 8.11. The fraction of sp³-hybridized carbons (Fsp3) is 0.231. The molecule has 1 aromatic carbocycles. The maximum Gasteiger partial charge on any atom is 0.352 e. The van der Waals surface area contributed by atoms with Crippen LogP contribution in [-0.4, -0.2) is 15.6 Å². The van der Waals surface area contributed by atoms with Crippen molar-refractivity contribution >= 4 is 16.9 Å². The first-order valence-corrected chi connectivity index (χ1v) is 5.37. The van der Waals surface area contributed by atoms with Crippen molar-refractivity contribution in [2.24, 2.45) is 0 Å². The van der Waals surface area contributed by atoms with Gasteiger partial charge in [-0.2, -0.15) is 5.26 Å². The Morgan fingerprint density at radius 1 is 1.53 bits per heavy atom. The minimum absolute atomic E-state index is 0.269. The van der Waals surface area contributed by atoms with Crippen LogP contribution in [0.4, 0.5) is 0 Å². The average molecular weight is 228 g/mol. The van der Waals surface area contributed by atoms with Gasteiger partial charge in [-0.25, -0.2) is 4.79 Å². The molecule has 0 aliphatic carbocycles. The Labute approximate surface area is 98.7 Å². The predicted molar refractivity (Wildman–Crippen MR) is 64.0 cm³/mol. The van der Waals surface area contributed by atoms with E-state index in [-0.39, 0.29) is 5.69 Å². The van der Waals surface area contributed by atoms with Crippen molar-refractivity contribution in [2.75, 3.05) is 0 Å². The molecule has 0 aliphatic heterocycles. The number of fused-ring (bicyclic) bond motifs is 1. The van der Waals surface area contributed by atoms with E-state index in [2.05, 4.69) is 6.07 Å². The number of rotatable bonds is 2. The summed E-state index contributed by atoms with van der Waals surface area (Å²) in [6, 6.07) is 7.45. The van der Waals surface area contributed by atoms with E-state index in [0.717, 1.165) is 5.39 Å². The van der Waals surface area contributed by atoms with Crippen LogP contribution in [0.15, 0.2) is 18.2 Å². The molecule has 4 heteroatoms. The lowest BCUT2D eigenvalue weighted by Crippen LogP contribution is -2.08. The summed E-state index contributed by atoms with van der Waals surface area (Å²) in [4.78, 5) is 11.3. The van der Waals surface area contributed by atoms with Gasteiger partial charge in [0.05, 0.1) is 11.1 Å². The molecule has 0 saturated carbocycles. The summed E-state index contributed by atoms with van der Waals surface area (Å²) in [5.41, 5.74) is 2.21. The predicted octanol–water partition coefficient (Wildman–Crippen LogP) is 2.54. The molecule has 0 radical (unpaired) electrons. The van der Waals surface area contributed by atoms with E-state index in [1.807, 2.05) is 13.0 Å². The van der Waals surface area contributed by atoms with Crippen molar-refractivity contribution in [1.29, 1.82) is 5.26 Å². The Morgan fingerprint density at radius 3 is 2.76 bits per heavy atom. The first kappa shape index (κ1) is 11.2. The number of para-hydroxylation sites is 1. The third-order valence-corrected chi connectivity index (χ3v) is 2.97. The van der Waals surface area contributed by atoms with Crippen LogP contribution in [0.3, 0.4) is 0 Å². The topological polar surface area (TPSA) is 66.0 Å². The van der Waals surface area contributed by atoms with Crippen LogP contribution in [0.25, 0.3) is 10.9 Å². The molecule has 2 aromatic rings. The van der Waals surface area contributed by atoms with Crippen LogP contribution < -0.4 is 0 Å². The van der Waals surface area contributed by atoms with E-state index < -0.39 is 5.97 Å². The van der Waals surface area contributed by atoms with Crippen molar-refractivity contribution in [1.82, 2.24) is 4.57 Å². The van der Waals surface area contributed by atoms with Crippen LogP contribution in [0, 0.1) is 18.3 Å². The van der Waals surface area contributed by atoms with E-state index in [9.17, 15) is 9.90 Å². The van der Waals surface area contributed by atoms with E-state index in [4.69, 9.17) is 5.26 Å². The smallest absolute Gasteiger partial charge is 0.352 e. The second-order valence-corrected chi connectivity index (χ2v) is 3.84. The molecule has 0 fully saturated rings. The molecule has 17 heavy (non-hydrogen) atoms. The fourth-order valence-corrected chi connectivity index (χ4v) is 2.26. The van der Waals surface area contributed by atoms with Gasteiger partial charge < -0.3 is 9.67 Å². The van der Waals surface area contributed by atoms with Gasteiger partial charge in [0, 0.05) is 11.9 Å². The lowest BCUT2D eigenvalue weighted by Gasteiger charge is -2.05. The number of nitriles is 1. The average Bonchev–Trinajstić information content (AvgIpc) is 2.62. The summed E-state index contributed by atoms with van der Waals surface area (Å²) in [7, 11) is 0. The third kappa shape index (κ3) is 1.48. The number of carboxylic acids is 1. The maximum absolute atomic E-state index is 11.3. The van der Waals surface area contributed by atoms with Gasteiger partial charge in [-0.05, 0) is 25.5 Å². The SMILES string of the molecule is CCn1c(C(=O)O)c(C)c2cccc(C#N)c21. The molecule has 0 spiro atoms. The lowest BCUT2D eigenvalue weighted by molar-refractivity contribution is 0.0685. The van der Waals surface area contributed by atoms with Crippen molar-refractivity contribution in [2.45, 2.75) is 20.4 Å². The number of aromatic nitrogens is 1. The second kappa shape index (κ2) is 3.95. The van der Waals surface area contributed by atoms with Gasteiger partial charge >= 0.3 is 5.97 Å². The molecular weight excluding hydrogens is 216 g/mol. The fourth-order valence-electron chi connectivity index (χ4n) is 2.26. The van der Waals surface area contributed by atoms with Gasteiger partial charge in [0.25, 0.3) is 0 Å². The van der Waals surface area contributed by atoms with Gasteiger partial charge in [0.1, 0.15) is 11.8 Å². The van der Waals surface area contributed by atoms with Crippen molar-refractivity contribution in [3.63, 3.8) is 0 Å². The zero-order chi connectivity index (χ0) is 12.6. The highest BCUT2D eigenvalue weighted by atomic mass is 16.4. The molecule has 0 bridgehead atoms. The zero-order valence-corrected chi connectivity index (χ0v) is 9.69. The third-order valence-electron chi connectivity index (χ3n) is 2.97. The highest BCUT2D eigenvalue weighted by Gasteiger charge is 2.20. The molecule has 0 aliphatic rings. The standard InChI is InChI=1S/C13H12N2O2/c1-3-15-11(13(16)17)8(2)10-6-4-5-9(7-14)12(10)15/h4-6H,3H2,1-2H3,(H,16,17). The van der Waals surface area contributed by atoms with Gasteiger partial charge in [-0.1, -0.05) is 12.1 Å². The number of hydrogen-bond acceptors (Lipinski definition) is 2. The number of benzene rings is 1. The van der Waals surface area contributed by atoms with E-state index in [0.29, 0.717) is 23.2 Å². The Bertz CT molecular complexity index is 647. The Hall–Kier alpha value is -2.28. The van der Waals surface area contributed by atoms with Crippen LogP contribution >= 0.6 is 0 Å². The van der Waals surface area contributed by atoms with Gasteiger partial charge in [0.2, 0.25) is 0 Å².